The molecule has 3 N–H and O–H groups in total. The van der Waals surface area contributed by atoms with Crippen molar-refractivity contribution in [1.82, 2.24) is 13.6 Å². The third-order valence-corrected chi connectivity index (χ3v) is 6.74. The lowest BCUT2D eigenvalue weighted by Gasteiger charge is -2.19. The number of phenolic OH excluding ortho intramolecular Hbond substituents is 1. The number of hydrogen-bond donors (Lipinski definition) is 3. The summed E-state index contributed by atoms with van der Waals surface area (Å²) < 4.78 is 26.1. The van der Waals surface area contributed by atoms with Crippen molar-refractivity contribution < 1.29 is 18.9 Å². The van der Waals surface area contributed by atoms with Crippen LogP contribution in [0.4, 0.5) is 17.3 Å². The number of hydrogen-bond acceptors (Lipinski definition) is 8. The predicted octanol–water partition coefficient (Wildman–Crippen LogP) is 6.21. The molecule has 2 atom stereocenters. The van der Waals surface area contributed by atoms with Crippen molar-refractivity contribution in [2.45, 2.75) is 45.7 Å². The predicted molar refractivity (Wildman–Crippen MR) is 144 cm³/mol. The Balaban J connectivity index is 1.54. The minimum absolute atomic E-state index is 0.137. The second kappa shape index (κ2) is 11.4. The van der Waals surface area contributed by atoms with E-state index >= 15 is 0 Å². The Morgan fingerprint density at radius 2 is 1.86 bits per heavy atom. The Labute approximate surface area is 219 Å². The molecule has 0 aliphatic heterocycles. The average molecular weight is 522 g/mol. The van der Waals surface area contributed by atoms with Crippen LogP contribution in [0.3, 0.4) is 0 Å². The molecule has 37 heavy (non-hydrogen) atoms. The monoisotopic (exact) mass is 521 g/mol. The Kier molecular flexibility index (Phi) is 8.10. The largest absolute Gasteiger partial charge is 0.546 e. The molecule has 0 aliphatic rings. The quantitative estimate of drug-likeness (QED) is 0.166. The molecule has 0 fully saturated rings. The molecule has 4 aromatic rings. The lowest BCUT2D eigenvalue weighted by Crippen LogP contribution is -2.26. The molecule has 0 saturated heterocycles. The van der Waals surface area contributed by atoms with Gasteiger partial charge in [-0.25, -0.2) is 0 Å². The van der Waals surface area contributed by atoms with E-state index in [0.29, 0.717) is 18.9 Å². The van der Waals surface area contributed by atoms with Gasteiger partial charge in [0.2, 0.25) is 11.6 Å². The summed E-state index contributed by atoms with van der Waals surface area (Å²) in [6.45, 7) is 6.57. The number of amides is 1. The van der Waals surface area contributed by atoms with Gasteiger partial charge in [0.25, 0.3) is 5.91 Å². The number of phenols is 1. The lowest BCUT2D eigenvalue weighted by molar-refractivity contribution is 0.0782. The molecule has 0 spiro atoms. The first-order valence-corrected chi connectivity index (χ1v) is 13.2. The molecule has 2 aromatic heterocycles. The van der Waals surface area contributed by atoms with E-state index in [9.17, 15) is 14.5 Å². The summed E-state index contributed by atoms with van der Waals surface area (Å²) in [6.07, 6.45) is 2.43. The molecule has 0 bridgehead atoms. The van der Waals surface area contributed by atoms with Gasteiger partial charge in [-0.2, -0.15) is 0 Å². The number of anilines is 3. The van der Waals surface area contributed by atoms with Crippen LogP contribution in [0.5, 0.6) is 5.75 Å². The molecule has 2 aromatic carbocycles. The number of carbonyl (C=O) groups is 1. The summed E-state index contributed by atoms with van der Waals surface area (Å²) in [6, 6.07) is 16.2. The van der Waals surface area contributed by atoms with Gasteiger partial charge in [0.15, 0.2) is 16.9 Å². The fourth-order valence-corrected chi connectivity index (χ4v) is 4.54. The molecule has 0 radical (unpaired) electrons. The number of carbonyl (C=O) groups excluding carboxylic acids is 1. The fourth-order valence-electron chi connectivity index (χ4n) is 3.91. The van der Waals surface area contributed by atoms with Crippen molar-refractivity contribution in [3.63, 3.8) is 0 Å². The Morgan fingerprint density at radius 3 is 2.54 bits per heavy atom. The van der Waals surface area contributed by atoms with E-state index < -0.39 is 11.1 Å². The molecule has 194 valence electrons. The van der Waals surface area contributed by atoms with Crippen molar-refractivity contribution in [3.8, 4) is 5.75 Å². The summed E-state index contributed by atoms with van der Waals surface area (Å²) in [5, 5.41) is 17.2. The Morgan fingerprint density at radius 1 is 1.14 bits per heavy atom. The highest BCUT2D eigenvalue weighted by Crippen LogP contribution is 2.36. The van der Waals surface area contributed by atoms with Crippen LogP contribution in [0.1, 0.15) is 66.4 Å². The van der Waals surface area contributed by atoms with E-state index in [1.807, 2.05) is 43.3 Å². The molecule has 9 nitrogen and oxygen atoms in total. The van der Waals surface area contributed by atoms with Gasteiger partial charge in [-0.1, -0.05) is 57.2 Å². The van der Waals surface area contributed by atoms with Crippen molar-refractivity contribution in [2.24, 2.45) is 0 Å². The van der Waals surface area contributed by atoms with Gasteiger partial charge in [0, 0.05) is 22.3 Å². The number of benzene rings is 2. The van der Waals surface area contributed by atoms with E-state index in [2.05, 4.69) is 33.2 Å². The van der Waals surface area contributed by atoms with Crippen LogP contribution in [-0.4, -0.2) is 36.3 Å². The summed E-state index contributed by atoms with van der Waals surface area (Å²) in [4.78, 5) is 14.6. The minimum Gasteiger partial charge on any atom is -0.546 e. The first-order valence-electron chi connectivity index (χ1n) is 12.1. The van der Waals surface area contributed by atoms with Crippen molar-refractivity contribution >= 4 is 34.4 Å². The zero-order valence-corrected chi connectivity index (χ0v) is 22.1. The third kappa shape index (κ3) is 6.10. The molecule has 0 aliphatic carbocycles. The second-order valence-corrected chi connectivity index (χ2v) is 9.95. The maximum Gasteiger partial charge on any atom is 0.257 e. The number of nitrogens with one attached hydrogen (secondary N) is 2. The van der Waals surface area contributed by atoms with Gasteiger partial charge < -0.3 is 29.6 Å². The van der Waals surface area contributed by atoms with Crippen molar-refractivity contribution in [1.29, 1.82) is 0 Å². The van der Waals surface area contributed by atoms with Gasteiger partial charge in [-0.15, -0.1) is 0 Å². The number of furan rings is 1. The first kappa shape index (κ1) is 26.2. The van der Waals surface area contributed by atoms with E-state index in [0.717, 1.165) is 16.9 Å². The lowest BCUT2D eigenvalue weighted by atomic mass is 10.1. The SMILES string of the molecule is CC[C@@H](Nc1n[s+]([O-])nc1Nc1cccc(C(=O)N(C)Cc2ccccc2)c1O)c1cc(C(C)C)co1. The molecule has 2 heterocycles. The molecule has 10 heteroatoms. The summed E-state index contributed by atoms with van der Waals surface area (Å²) >= 11 is -1.82. The smallest absolute Gasteiger partial charge is 0.257 e. The van der Waals surface area contributed by atoms with Gasteiger partial charge in [-0.3, -0.25) is 4.79 Å². The Hall–Kier alpha value is -3.89. The fraction of sp³-hybridized carbons (Fsp3) is 0.296. The number of aromatic nitrogens is 2. The van der Waals surface area contributed by atoms with E-state index in [-0.39, 0.29) is 40.6 Å². The number of aromatic hydroxyl groups is 1. The molecule has 1 unspecified atom stereocenters. The summed E-state index contributed by atoms with van der Waals surface area (Å²) in [5.41, 5.74) is 2.45. The zero-order chi connectivity index (χ0) is 26.5. The van der Waals surface area contributed by atoms with Crippen LogP contribution in [0.25, 0.3) is 0 Å². The third-order valence-electron chi connectivity index (χ3n) is 6.06. The highest BCUT2D eigenvalue weighted by molar-refractivity contribution is 7.14. The van der Waals surface area contributed by atoms with Gasteiger partial charge in [0.05, 0.1) is 23.6 Å². The van der Waals surface area contributed by atoms with Gasteiger partial charge in [-0.05, 0) is 41.7 Å². The van der Waals surface area contributed by atoms with Crippen LogP contribution in [0, 0.1) is 0 Å². The van der Waals surface area contributed by atoms with E-state index in [4.69, 9.17) is 4.42 Å². The highest BCUT2D eigenvalue weighted by Gasteiger charge is 2.24. The normalized spacial score (nSPS) is 12.4. The number of nitrogens with zero attached hydrogens (tertiary/aromatic N) is 3. The van der Waals surface area contributed by atoms with Crippen LogP contribution >= 0.6 is 11.1 Å². The minimum atomic E-state index is -1.82. The maximum absolute atomic E-state index is 13.1. The molecule has 0 saturated carbocycles. The number of para-hydroxylation sites is 1. The molecular formula is C27H31N5O4S. The van der Waals surface area contributed by atoms with Gasteiger partial charge in [0.1, 0.15) is 5.76 Å². The molecule has 4 rings (SSSR count). The van der Waals surface area contributed by atoms with Crippen molar-refractivity contribution in [3.05, 3.63) is 83.3 Å². The standard InChI is InChI=1S/C27H31N5O4S/c1-5-21(23-14-19(16-36-23)17(2)3)28-25-26(31-37(35)30-25)29-22-13-9-12-20(24(22)33)27(34)32(4)15-18-10-7-6-8-11-18/h6-14,16-17,21,33H,5,15H2,1-4H3,(H,28,30)(H,29,31)/t21-,37?/m1/s1. The van der Waals surface area contributed by atoms with Crippen LogP contribution in [0.2, 0.25) is 0 Å². The molecular weight excluding hydrogens is 490 g/mol. The first-order chi connectivity index (χ1) is 17.8. The van der Waals surface area contributed by atoms with Crippen LogP contribution < -0.4 is 10.6 Å². The van der Waals surface area contributed by atoms with E-state index in [1.165, 1.54) is 4.90 Å². The summed E-state index contributed by atoms with van der Waals surface area (Å²) in [7, 11) is 1.68. The second-order valence-electron chi connectivity index (χ2n) is 9.13. The van der Waals surface area contributed by atoms with Crippen LogP contribution in [0.15, 0.2) is 65.3 Å². The summed E-state index contributed by atoms with van der Waals surface area (Å²) in [5.74, 6) is 0.984. The average Bonchev–Trinajstić information content (AvgIpc) is 3.51. The highest BCUT2D eigenvalue weighted by atomic mass is 32.2. The Bertz CT molecular complexity index is 1350. The molecule has 1 amide bonds. The van der Waals surface area contributed by atoms with Crippen LogP contribution in [-0.2, 0) is 6.54 Å². The zero-order valence-electron chi connectivity index (χ0n) is 21.3. The van der Waals surface area contributed by atoms with Crippen molar-refractivity contribution in [2.75, 3.05) is 17.7 Å². The van der Waals surface area contributed by atoms with Gasteiger partial charge >= 0.3 is 0 Å². The topological polar surface area (TPSA) is 127 Å². The number of rotatable bonds is 10. The van der Waals surface area contributed by atoms with E-state index in [1.54, 1.807) is 31.5 Å². The maximum atomic E-state index is 13.1.